The van der Waals surface area contributed by atoms with E-state index in [1.54, 1.807) is 12.1 Å². The molecule has 1 rings (SSSR count). The number of hydrogen-bond acceptors (Lipinski definition) is 1. The minimum atomic E-state index is -0.202. The fourth-order valence-corrected chi connectivity index (χ4v) is 1.30. The van der Waals surface area contributed by atoms with Crippen molar-refractivity contribution >= 4 is 0 Å². The Morgan fingerprint density at radius 3 is 2.46 bits per heavy atom. The monoisotopic (exact) mass is 181 g/mol. The summed E-state index contributed by atoms with van der Waals surface area (Å²) in [6.07, 6.45) is 3.25. The molecule has 0 aliphatic heterocycles. The van der Waals surface area contributed by atoms with Crippen molar-refractivity contribution in [2.45, 2.75) is 32.2 Å². The van der Waals surface area contributed by atoms with Crippen molar-refractivity contribution in [3.8, 4) is 0 Å². The van der Waals surface area contributed by atoms with Gasteiger partial charge in [-0.05, 0) is 24.1 Å². The second kappa shape index (κ2) is 4.97. The standard InChI is InChI=1S/C11H16FN/c1-2-3-4-11(13)9-5-7-10(12)8-6-9/h5-8,11H,2-4,13H2,1H3/t11-/m0/s1. The molecule has 0 saturated heterocycles. The van der Waals surface area contributed by atoms with Crippen LogP contribution in [0, 0.1) is 5.82 Å². The molecule has 0 fully saturated rings. The van der Waals surface area contributed by atoms with E-state index in [2.05, 4.69) is 6.92 Å². The van der Waals surface area contributed by atoms with Crippen LogP contribution < -0.4 is 5.73 Å². The second-order valence-electron chi connectivity index (χ2n) is 3.30. The first-order valence-corrected chi connectivity index (χ1v) is 4.75. The molecule has 1 aromatic carbocycles. The molecule has 1 atom stereocenters. The van der Waals surface area contributed by atoms with Gasteiger partial charge in [0.2, 0.25) is 0 Å². The molecule has 0 radical (unpaired) electrons. The summed E-state index contributed by atoms with van der Waals surface area (Å²) >= 11 is 0. The van der Waals surface area contributed by atoms with Crippen LogP contribution in [0.4, 0.5) is 4.39 Å². The van der Waals surface area contributed by atoms with Gasteiger partial charge in [0, 0.05) is 6.04 Å². The molecule has 0 amide bonds. The first-order valence-electron chi connectivity index (χ1n) is 4.75. The van der Waals surface area contributed by atoms with E-state index in [1.165, 1.54) is 12.1 Å². The van der Waals surface area contributed by atoms with Crippen molar-refractivity contribution in [3.05, 3.63) is 35.6 Å². The molecule has 0 heterocycles. The summed E-state index contributed by atoms with van der Waals surface area (Å²) < 4.78 is 12.6. The van der Waals surface area contributed by atoms with E-state index in [9.17, 15) is 4.39 Å². The number of halogens is 1. The summed E-state index contributed by atoms with van der Waals surface area (Å²) in [6, 6.07) is 6.49. The maximum Gasteiger partial charge on any atom is 0.123 e. The van der Waals surface area contributed by atoms with Gasteiger partial charge in [0.15, 0.2) is 0 Å². The molecule has 0 aliphatic carbocycles. The average Bonchev–Trinajstić information content (AvgIpc) is 2.15. The Hall–Kier alpha value is -0.890. The third kappa shape index (κ3) is 3.15. The van der Waals surface area contributed by atoms with Crippen LogP contribution in [-0.2, 0) is 0 Å². The van der Waals surface area contributed by atoms with Crippen LogP contribution >= 0.6 is 0 Å². The van der Waals surface area contributed by atoms with Gasteiger partial charge in [-0.3, -0.25) is 0 Å². The van der Waals surface area contributed by atoms with Crippen LogP contribution in [0.25, 0.3) is 0 Å². The summed E-state index contributed by atoms with van der Waals surface area (Å²) in [6.45, 7) is 2.14. The first kappa shape index (κ1) is 10.2. The lowest BCUT2D eigenvalue weighted by Crippen LogP contribution is -2.09. The van der Waals surface area contributed by atoms with Crippen molar-refractivity contribution in [2.75, 3.05) is 0 Å². The maximum absolute atomic E-state index is 12.6. The van der Waals surface area contributed by atoms with Crippen molar-refractivity contribution in [1.82, 2.24) is 0 Å². The summed E-state index contributed by atoms with van der Waals surface area (Å²) in [5.74, 6) is -0.202. The van der Waals surface area contributed by atoms with Crippen molar-refractivity contribution < 1.29 is 4.39 Å². The molecule has 0 aromatic heterocycles. The van der Waals surface area contributed by atoms with E-state index in [4.69, 9.17) is 5.73 Å². The molecule has 0 bridgehead atoms. The van der Waals surface area contributed by atoms with Crippen LogP contribution in [0.1, 0.15) is 37.8 Å². The smallest absolute Gasteiger partial charge is 0.123 e. The van der Waals surface area contributed by atoms with E-state index in [1.807, 2.05) is 0 Å². The molecule has 0 spiro atoms. The molecule has 72 valence electrons. The van der Waals surface area contributed by atoms with Crippen molar-refractivity contribution in [2.24, 2.45) is 5.73 Å². The number of nitrogens with two attached hydrogens (primary N) is 1. The SMILES string of the molecule is CCCC[C@H](N)c1ccc(F)cc1. The highest BCUT2D eigenvalue weighted by Gasteiger charge is 2.04. The van der Waals surface area contributed by atoms with Crippen molar-refractivity contribution in [1.29, 1.82) is 0 Å². The number of unbranched alkanes of at least 4 members (excludes halogenated alkanes) is 1. The predicted octanol–water partition coefficient (Wildman–Crippen LogP) is 3.02. The lowest BCUT2D eigenvalue weighted by atomic mass is 10.0. The Bertz CT molecular complexity index is 243. The van der Waals surface area contributed by atoms with Gasteiger partial charge < -0.3 is 5.73 Å². The Balaban J connectivity index is 2.55. The number of rotatable bonds is 4. The fraction of sp³-hybridized carbons (Fsp3) is 0.455. The van der Waals surface area contributed by atoms with E-state index in [-0.39, 0.29) is 11.9 Å². The largest absolute Gasteiger partial charge is 0.324 e. The molecular formula is C11H16FN. The third-order valence-corrected chi connectivity index (χ3v) is 2.17. The highest BCUT2D eigenvalue weighted by molar-refractivity contribution is 5.19. The minimum Gasteiger partial charge on any atom is -0.324 e. The minimum absolute atomic E-state index is 0.0561. The van der Waals surface area contributed by atoms with Crippen molar-refractivity contribution in [3.63, 3.8) is 0 Å². The van der Waals surface area contributed by atoms with Gasteiger partial charge in [0.1, 0.15) is 5.82 Å². The summed E-state index contributed by atoms with van der Waals surface area (Å²) in [5.41, 5.74) is 6.93. The molecule has 2 N–H and O–H groups in total. The fourth-order valence-electron chi connectivity index (χ4n) is 1.30. The molecular weight excluding hydrogens is 165 g/mol. The topological polar surface area (TPSA) is 26.0 Å². The van der Waals surface area contributed by atoms with Crippen LogP contribution in [0.3, 0.4) is 0 Å². The lowest BCUT2D eigenvalue weighted by Gasteiger charge is -2.10. The van der Waals surface area contributed by atoms with Gasteiger partial charge in [-0.15, -0.1) is 0 Å². The molecule has 13 heavy (non-hydrogen) atoms. The van der Waals surface area contributed by atoms with Crippen LogP contribution in [0.2, 0.25) is 0 Å². The summed E-state index contributed by atoms with van der Waals surface area (Å²) in [4.78, 5) is 0. The van der Waals surface area contributed by atoms with Gasteiger partial charge in [0.05, 0.1) is 0 Å². The van der Waals surface area contributed by atoms with Gasteiger partial charge in [0.25, 0.3) is 0 Å². The van der Waals surface area contributed by atoms with Crippen LogP contribution in [-0.4, -0.2) is 0 Å². The zero-order valence-electron chi connectivity index (χ0n) is 7.96. The molecule has 0 saturated carbocycles. The van der Waals surface area contributed by atoms with E-state index in [0.717, 1.165) is 24.8 Å². The zero-order valence-corrected chi connectivity index (χ0v) is 7.96. The van der Waals surface area contributed by atoms with Gasteiger partial charge in [-0.25, -0.2) is 4.39 Å². The van der Waals surface area contributed by atoms with Gasteiger partial charge in [-0.1, -0.05) is 31.9 Å². The molecule has 2 heteroatoms. The van der Waals surface area contributed by atoms with Gasteiger partial charge >= 0.3 is 0 Å². The van der Waals surface area contributed by atoms with E-state index < -0.39 is 0 Å². The number of benzene rings is 1. The quantitative estimate of drug-likeness (QED) is 0.759. The lowest BCUT2D eigenvalue weighted by molar-refractivity contribution is 0.597. The molecule has 0 unspecified atom stereocenters. The third-order valence-electron chi connectivity index (χ3n) is 2.17. The molecule has 1 aromatic rings. The molecule has 1 nitrogen and oxygen atoms in total. The zero-order chi connectivity index (χ0) is 9.68. The highest BCUT2D eigenvalue weighted by atomic mass is 19.1. The Labute approximate surface area is 78.8 Å². The molecule has 0 aliphatic rings. The average molecular weight is 181 g/mol. The normalized spacial score (nSPS) is 12.8. The highest BCUT2D eigenvalue weighted by Crippen LogP contribution is 2.16. The van der Waals surface area contributed by atoms with Gasteiger partial charge in [-0.2, -0.15) is 0 Å². The Kier molecular flexibility index (Phi) is 3.90. The van der Waals surface area contributed by atoms with E-state index >= 15 is 0 Å². The second-order valence-corrected chi connectivity index (χ2v) is 3.30. The maximum atomic E-state index is 12.6. The first-order chi connectivity index (χ1) is 6.24. The van der Waals surface area contributed by atoms with E-state index in [0.29, 0.717) is 0 Å². The Morgan fingerprint density at radius 2 is 1.92 bits per heavy atom. The predicted molar refractivity (Wildman–Crippen MR) is 52.9 cm³/mol. The summed E-state index contributed by atoms with van der Waals surface area (Å²) in [5, 5.41) is 0. The number of hydrogen-bond donors (Lipinski definition) is 1. The Morgan fingerprint density at radius 1 is 1.31 bits per heavy atom. The summed E-state index contributed by atoms with van der Waals surface area (Å²) in [7, 11) is 0. The van der Waals surface area contributed by atoms with Crippen LogP contribution in [0.15, 0.2) is 24.3 Å². The van der Waals surface area contributed by atoms with Crippen LogP contribution in [0.5, 0.6) is 0 Å².